The summed E-state index contributed by atoms with van der Waals surface area (Å²) in [6, 6.07) is 71.8. The van der Waals surface area contributed by atoms with Gasteiger partial charge in [-0.15, -0.1) is 18.3 Å². The minimum Gasteiger partial charge on any atom is -0.401 e. The van der Waals surface area contributed by atoms with Crippen molar-refractivity contribution in [2.24, 2.45) is 14.0 Å². The second-order valence-corrected chi connectivity index (χ2v) is 27.1. The molecule has 0 radical (unpaired) electrons. The number of hydrogen-bond donors (Lipinski definition) is 0. The monoisotopic (exact) mass is 1370 g/mol. The van der Waals surface area contributed by atoms with Crippen LogP contribution in [0.2, 0.25) is 0 Å². The van der Waals surface area contributed by atoms with Crippen LogP contribution in [0.1, 0.15) is 31.9 Å². The molecule has 0 aliphatic carbocycles. The zero-order chi connectivity index (χ0) is 70.2. The smallest absolute Gasteiger partial charge is 0.384 e. The predicted octanol–water partition coefficient (Wildman–Crippen LogP) is 15.6. The van der Waals surface area contributed by atoms with E-state index in [1.165, 1.54) is 60.0 Å². The van der Waals surface area contributed by atoms with Gasteiger partial charge in [-0.3, -0.25) is 13.7 Å². The van der Waals surface area contributed by atoms with Crippen LogP contribution in [0.3, 0.4) is 0 Å². The van der Waals surface area contributed by atoms with E-state index in [0.717, 1.165) is 143 Å². The van der Waals surface area contributed by atoms with Gasteiger partial charge in [0.05, 0.1) is 55.0 Å². The van der Waals surface area contributed by atoms with Gasteiger partial charge in [0.25, 0.3) is 44.1 Å². The molecule has 6 aromatic carbocycles. The lowest BCUT2D eigenvalue weighted by Crippen LogP contribution is -2.30. The highest BCUT2D eigenvalue weighted by Crippen LogP contribution is 2.42. The molecular formula is C83H56N13O6S+5. The molecule has 20 heterocycles. The maximum absolute atomic E-state index is 7.84. The molecule has 0 saturated carbocycles. The molecule has 0 saturated heterocycles. The van der Waals surface area contributed by atoms with Crippen LogP contribution < -0.4 is 22.8 Å². The molecule has 26 rings (SSSR count). The Morgan fingerprint density at radius 1 is 0.340 bits per heavy atom. The Morgan fingerprint density at radius 3 is 1.26 bits per heavy atom. The standard InChI is InChI=1S/C21H14N3O.2C16H12N3O.C15H9N2O2.C15H9N2OS/c1-2-8-15(9-3-1)24-19-17(11-6-12-22-19)18-21(24)25-20-16-10-5-4-7-14(16)13-23(18)20;2*1-18-14-12(7-4-8-17-14)13-16(18)20-15-11-6-3-2-5-10(11)9-19(13)15;1-2-5-10-9(4-1)8-17-12-11-6-3-7-16-13(11)18-15(12)19-14(10)17;1-2-5-10-9(4-1)8-17-12-11-6-3-7-16-13(11)19-15(12)18-14(10)17/h1-12H,13H2;2*2-8H,9H2,1H3;2*1-7H,8H2/q5*+1/i;1D3;;;. The number of furan rings is 1. The summed E-state index contributed by atoms with van der Waals surface area (Å²) < 4.78 is 76.0. The van der Waals surface area contributed by atoms with E-state index in [9.17, 15) is 0 Å². The predicted molar refractivity (Wildman–Crippen MR) is 389 cm³/mol. The number of aromatic nitrogens is 13. The largest absolute Gasteiger partial charge is 0.401 e. The first-order chi connectivity index (χ1) is 52.1. The molecule has 20 heteroatoms. The molecule has 0 atom stereocenters. The van der Waals surface area contributed by atoms with Crippen molar-refractivity contribution in [3.05, 3.63) is 271 Å². The maximum atomic E-state index is 7.84. The third kappa shape index (κ3) is 8.43. The molecule has 5 aliphatic rings. The second kappa shape index (κ2) is 22.0. The first kappa shape index (κ1) is 54.5. The van der Waals surface area contributed by atoms with Gasteiger partial charge in [-0.1, -0.05) is 121 Å². The third-order valence-corrected chi connectivity index (χ3v) is 21.4. The summed E-state index contributed by atoms with van der Waals surface area (Å²) >= 11 is 1.62. The number of pyridine rings is 5. The Kier molecular flexibility index (Phi) is 11.6. The fourth-order valence-electron chi connectivity index (χ4n) is 15.9. The van der Waals surface area contributed by atoms with Gasteiger partial charge in [-0.05, 0) is 103 Å². The zero-order valence-corrected chi connectivity index (χ0v) is 55.6. The quantitative estimate of drug-likeness (QED) is 0.143. The summed E-state index contributed by atoms with van der Waals surface area (Å²) in [6.07, 6.45) is 8.81. The number of benzene rings is 6. The van der Waals surface area contributed by atoms with Gasteiger partial charge in [-0.2, -0.15) is 4.57 Å². The van der Waals surface area contributed by atoms with Crippen molar-refractivity contribution in [3.8, 4) is 63.0 Å². The van der Waals surface area contributed by atoms with Crippen molar-refractivity contribution in [3.63, 3.8) is 0 Å². The van der Waals surface area contributed by atoms with Crippen molar-refractivity contribution in [1.29, 1.82) is 0 Å². The molecule has 21 aromatic rings. The number of hydrogen-bond acceptors (Lipinski definition) is 12. The number of oxazole rings is 5. The molecule has 19 nitrogen and oxygen atoms in total. The van der Waals surface area contributed by atoms with Gasteiger partial charge in [0.15, 0.2) is 38.4 Å². The molecule has 0 N–H and O–H groups in total. The first-order valence-electron chi connectivity index (χ1n) is 35.4. The number of aryl methyl sites for hydroxylation is 2. The van der Waals surface area contributed by atoms with Gasteiger partial charge in [-0.25, -0.2) is 24.9 Å². The lowest BCUT2D eigenvalue weighted by Gasteiger charge is -2.03. The molecule has 15 aromatic heterocycles. The highest BCUT2D eigenvalue weighted by molar-refractivity contribution is 7.24. The van der Waals surface area contributed by atoms with Crippen LogP contribution in [-0.2, 0) is 46.7 Å². The Bertz CT molecular complexity index is 7090. The average molecular weight is 1370 g/mol. The van der Waals surface area contributed by atoms with Crippen molar-refractivity contribution in [2.45, 2.75) is 32.7 Å². The SMILES string of the molecule is Cn1c2ncccc2c2c1oc1[n+]2Cc2ccccc2-1.[2H]C([2H])([2H])n1c2ncccc2c2c1oc1[n+]2Cc2ccccc2-1.c1ccc(-n2c3ncccc3c3c2oc2[n+]3Cc3ccccc3-2)cc1.c1ccc2c(c1)C[n+]1c-2oc2oc3ncccc3c21.c1ccc2c(c1)C[n+]1c-2oc2sc3ncccc3c21. The molecule has 490 valence electrons. The van der Waals surface area contributed by atoms with Gasteiger partial charge in [0.2, 0.25) is 5.71 Å². The number of thiophene rings is 1. The van der Waals surface area contributed by atoms with Crippen LogP contribution in [0.15, 0.2) is 270 Å². The van der Waals surface area contributed by atoms with E-state index in [1.54, 1.807) is 23.7 Å². The summed E-state index contributed by atoms with van der Waals surface area (Å²) in [4.78, 5) is 24.0. The normalized spacial score (nSPS) is 13.5. The van der Waals surface area contributed by atoms with Crippen molar-refractivity contribution in [2.75, 3.05) is 0 Å². The Labute approximate surface area is 590 Å². The van der Waals surface area contributed by atoms with Crippen molar-refractivity contribution >= 4 is 121 Å². The Morgan fingerprint density at radius 2 is 0.728 bits per heavy atom. The van der Waals surface area contributed by atoms with Gasteiger partial charge in [0.1, 0.15) is 21.5 Å². The van der Waals surface area contributed by atoms with Crippen molar-refractivity contribution < 1.29 is 53.5 Å². The Balaban J connectivity index is 0.0000000830. The maximum Gasteiger partial charge on any atom is 0.384 e. The number of nitrogens with zero attached hydrogens (tertiary/aromatic N) is 13. The minimum absolute atomic E-state index is 0.350. The van der Waals surface area contributed by atoms with Crippen LogP contribution in [-0.4, -0.2) is 38.6 Å². The van der Waals surface area contributed by atoms with Crippen LogP contribution >= 0.6 is 11.3 Å². The summed E-state index contributed by atoms with van der Waals surface area (Å²) in [6.45, 7) is 1.74. The highest BCUT2D eigenvalue weighted by Gasteiger charge is 2.42. The van der Waals surface area contributed by atoms with Gasteiger partial charge in [0, 0.05) is 76.9 Å². The Hall–Kier alpha value is -13.5. The molecule has 0 spiro atoms. The van der Waals surface area contributed by atoms with Crippen molar-refractivity contribution in [1.82, 2.24) is 38.6 Å². The lowest BCUT2D eigenvalue weighted by molar-refractivity contribution is -0.648. The summed E-state index contributed by atoms with van der Waals surface area (Å²) in [5.74, 6) is 4.98. The molecule has 0 fully saturated rings. The number of para-hydroxylation sites is 1. The number of fused-ring (bicyclic) bond motifs is 35. The van der Waals surface area contributed by atoms with E-state index >= 15 is 0 Å². The average Bonchev–Trinajstić information content (AvgIpc) is 1.59. The molecular weight excluding hydrogens is 1310 g/mol. The van der Waals surface area contributed by atoms with E-state index in [0.29, 0.717) is 35.3 Å². The summed E-state index contributed by atoms with van der Waals surface area (Å²) in [5, 5.41) is 5.24. The van der Waals surface area contributed by atoms with Gasteiger partial charge < -0.3 is 26.5 Å². The second-order valence-electron chi connectivity index (χ2n) is 26.1. The van der Waals surface area contributed by atoms with Crippen LogP contribution in [0.4, 0.5) is 0 Å². The van der Waals surface area contributed by atoms with Gasteiger partial charge >= 0.3 is 40.8 Å². The molecule has 5 aliphatic heterocycles. The summed E-state index contributed by atoms with van der Waals surface area (Å²) in [7, 11) is 2.00. The lowest BCUT2D eigenvalue weighted by atomic mass is 10.1. The van der Waals surface area contributed by atoms with E-state index < -0.39 is 6.98 Å². The van der Waals surface area contributed by atoms with Crippen LogP contribution in [0, 0.1) is 0 Å². The molecule has 0 bridgehead atoms. The van der Waals surface area contributed by atoms with Crippen LogP contribution in [0.5, 0.6) is 0 Å². The van der Waals surface area contributed by atoms with E-state index in [-0.39, 0.29) is 0 Å². The summed E-state index contributed by atoms with van der Waals surface area (Å²) in [5.41, 5.74) is 23.4. The fourth-order valence-corrected chi connectivity index (χ4v) is 16.9. The van der Waals surface area contributed by atoms with Crippen LogP contribution in [0.25, 0.3) is 173 Å². The minimum atomic E-state index is -2.35. The molecule has 103 heavy (non-hydrogen) atoms. The van der Waals surface area contributed by atoms with E-state index in [4.69, 9.17) is 30.6 Å². The molecule has 0 unspecified atom stereocenters. The highest BCUT2D eigenvalue weighted by atomic mass is 32.1. The first-order valence-corrected chi connectivity index (χ1v) is 34.7. The van der Waals surface area contributed by atoms with E-state index in [2.05, 4.69) is 175 Å². The topological polar surface area (TPSA) is 177 Å². The van der Waals surface area contributed by atoms with E-state index in [1.807, 2.05) is 120 Å². The zero-order valence-electron chi connectivity index (χ0n) is 57.8. The third-order valence-electron chi connectivity index (χ3n) is 20.4. The molecule has 0 amide bonds. The number of rotatable bonds is 1. The fraction of sp³-hybridized carbons (Fsp3) is 0.0843.